The van der Waals surface area contributed by atoms with E-state index in [1.807, 2.05) is 0 Å². The molecule has 1 amide bonds. The molecule has 1 aromatic carbocycles. The second-order valence-corrected chi connectivity index (χ2v) is 5.91. The third kappa shape index (κ3) is 4.59. The van der Waals surface area contributed by atoms with E-state index in [9.17, 15) is 18.8 Å². The molecule has 0 N–H and O–H groups in total. The SMILES string of the molecule is CC(OC(=O)Cn1nc(-c2ccc(F)cc2)oc1=O)C(=O)N1CCOCC1. The van der Waals surface area contributed by atoms with Gasteiger partial charge in [-0.15, -0.1) is 5.10 Å². The number of hydrogen-bond donors (Lipinski definition) is 0. The van der Waals surface area contributed by atoms with E-state index < -0.39 is 30.2 Å². The van der Waals surface area contributed by atoms with Gasteiger partial charge in [-0.3, -0.25) is 9.59 Å². The number of rotatable bonds is 5. The highest BCUT2D eigenvalue weighted by molar-refractivity contribution is 5.83. The van der Waals surface area contributed by atoms with Gasteiger partial charge >= 0.3 is 11.7 Å². The van der Waals surface area contributed by atoms with Gasteiger partial charge in [-0.05, 0) is 31.2 Å². The van der Waals surface area contributed by atoms with Crippen molar-refractivity contribution in [3.8, 4) is 11.5 Å². The molecule has 0 radical (unpaired) electrons. The molecule has 1 aromatic heterocycles. The quantitative estimate of drug-likeness (QED) is 0.694. The minimum atomic E-state index is -0.991. The van der Waals surface area contributed by atoms with Crippen molar-refractivity contribution in [2.24, 2.45) is 0 Å². The van der Waals surface area contributed by atoms with Crippen LogP contribution in [0.5, 0.6) is 0 Å². The molecule has 1 aliphatic heterocycles. The summed E-state index contributed by atoms with van der Waals surface area (Å²) in [6.45, 7) is 2.70. The number of halogens is 1. The third-order valence-corrected chi connectivity index (χ3v) is 3.96. The van der Waals surface area contributed by atoms with Gasteiger partial charge in [0.05, 0.1) is 13.2 Å². The third-order valence-electron chi connectivity index (χ3n) is 3.96. The number of nitrogens with zero attached hydrogens (tertiary/aromatic N) is 3. The molecule has 1 atom stereocenters. The lowest BCUT2D eigenvalue weighted by Gasteiger charge is -2.28. The maximum absolute atomic E-state index is 13.0. The highest BCUT2D eigenvalue weighted by Gasteiger charge is 2.26. The largest absolute Gasteiger partial charge is 0.451 e. The first kappa shape index (κ1) is 18.8. The Morgan fingerprint density at radius 1 is 1.26 bits per heavy atom. The molecule has 10 heteroatoms. The molecule has 27 heavy (non-hydrogen) atoms. The molecule has 1 unspecified atom stereocenters. The van der Waals surface area contributed by atoms with Crippen molar-refractivity contribution in [1.29, 1.82) is 0 Å². The molecule has 1 aliphatic rings. The number of amides is 1. The molecule has 2 heterocycles. The zero-order valence-electron chi connectivity index (χ0n) is 14.6. The van der Waals surface area contributed by atoms with Crippen LogP contribution in [0.25, 0.3) is 11.5 Å². The molecule has 2 aromatic rings. The van der Waals surface area contributed by atoms with Crippen LogP contribution in [0.15, 0.2) is 33.5 Å². The van der Waals surface area contributed by atoms with Crippen molar-refractivity contribution in [2.45, 2.75) is 19.6 Å². The standard InChI is InChI=1S/C17H18FN3O6/c1-11(16(23)20-6-8-25-9-7-20)26-14(22)10-21-17(24)27-15(19-21)12-2-4-13(18)5-3-12/h2-5,11H,6-10H2,1H3. The predicted molar refractivity (Wildman–Crippen MR) is 89.1 cm³/mol. The van der Waals surface area contributed by atoms with E-state index in [4.69, 9.17) is 13.9 Å². The molecular formula is C17H18FN3O6. The second kappa shape index (κ2) is 8.12. The van der Waals surface area contributed by atoms with Crippen LogP contribution in [0.2, 0.25) is 0 Å². The van der Waals surface area contributed by atoms with Crippen molar-refractivity contribution in [3.63, 3.8) is 0 Å². The van der Waals surface area contributed by atoms with Gasteiger partial charge in [0.25, 0.3) is 5.91 Å². The number of benzene rings is 1. The van der Waals surface area contributed by atoms with Gasteiger partial charge < -0.3 is 18.8 Å². The maximum Gasteiger partial charge on any atom is 0.437 e. The Morgan fingerprint density at radius 2 is 1.93 bits per heavy atom. The number of morpholine rings is 1. The fraction of sp³-hybridized carbons (Fsp3) is 0.412. The normalized spacial score (nSPS) is 15.4. The summed E-state index contributed by atoms with van der Waals surface area (Å²) in [7, 11) is 0. The van der Waals surface area contributed by atoms with Gasteiger partial charge in [-0.2, -0.15) is 4.68 Å². The Labute approximate surface area is 153 Å². The first-order valence-corrected chi connectivity index (χ1v) is 8.34. The summed E-state index contributed by atoms with van der Waals surface area (Å²) < 4.78 is 29.0. The van der Waals surface area contributed by atoms with Crippen LogP contribution in [0.1, 0.15) is 6.92 Å². The molecule has 1 fully saturated rings. The minimum absolute atomic E-state index is 0.0507. The number of esters is 1. The van der Waals surface area contributed by atoms with Gasteiger partial charge in [-0.1, -0.05) is 0 Å². The van der Waals surface area contributed by atoms with E-state index in [0.29, 0.717) is 31.9 Å². The van der Waals surface area contributed by atoms with Crippen molar-refractivity contribution < 1.29 is 27.9 Å². The summed E-state index contributed by atoms with van der Waals surface area (Å²) in [5, 5.41) is 3.89. The lowest BCUT2D eigenvalue weighted by Crippen LogP contribution is -2.46. The maximum atomic E-state index is 13.0. The first-order chi connectivity index (χ1) is 12.9. The van der Waals surface area contributed by atoms with Crippen LogP contribution in [-0.2, 0) is 25.6 Å². The summed E-state index contributed by atoms with van der Waals surface area (Å²) in [5.41, 5.74) is 0.386. The Kier molecular flexibility index (Phi) is 5.65. The van der Waals surface area contributed by atoms with Gasteiger partial charge in [-0.25, -0.2) is 9.18 Å². The van der Waals surface area contributed by atoms with Gasteiger partial charge in [0, 0.05) is 18.7 Å². The van der Waals surface area contributed by atoms with Crippen molar-refractivity contribution in [2.75, 3.05) is 26.3 Å². The van der Waals surface area contributed by atoms with Gasteiger partial charge in [0.2, 0.25) is 5.89 Å². The fourth-order valence-electron chi connectivity index (χ4n) is 2.56. The van der Waals surface area contributed by atoms with Gasteiger partial charge in [0.15, 0.2) is 6.10 Å². The van der Waals surface area contributed by atoms with Crippen molar-refractivity contribution in [3.05, 3.63) is 40.6 Å². The number of hydrogen-bond acceptors (Lipinski definition) is 7. The molecule has 0 saturated carbocycles. The van der Waals surface area contributed by atoms with E-state index >= 15 is 0 Å². The zero-order valence-corrected chi connectivity index (χ0v) is 14.6. The smallest absolute Gasteiger partial charge is 0.437 e. The zero-order chi connectivity index (χ0) is 19.4. The van der Waals surface area contributed by atoms with E-state index in [1.165, 1.54) is 31.2 Å². The first-order valence-electron chi connectivity index (χ1n) is 8.34. The minimum Gasteiger partial charge on any atom is -0.451 e. The predicted octanol–water partition coefficient (Wildman–Crippen LogP) is 0.433. The molecule has 0 aliphatic carbocycles. The molecular weight excluding hydrogens is 361 g/mol. The second-order valence-electron chi connectivity index (χ2n) is 5.91. The molecule has 1 saturated heterocycles. The molecule has 9 nitrogen and oxygen atoms in total. The van der Waals surface area contributed by atoms with E-state index in [0.717, 1.165) is 4.68 Å². The Morgan fingerprint density at radius 3 is 2.59 bits per heavy atom. The number of carbonyl (C=O) groups is 2. The Hall–Kier alpha value is -3.01. The highest BCUT2D eigenvalue weighted by atomic mass is 19.1. The summed E-state index contributed by atoms with van der Waals surface area (Å²) in [4.78, 5) is 37.7. The Bertz CT molecular complexity index is 870. The van der Waals surface area contributed by atoms with E-state index in [-0.39, 0.29) is 11.8 Å². The molecule has 0 bridgehead atoms. The number of carbonyl (C=O) groups excluding carboxylic acids is 2. The highest BCUT2D eigenvalue weighted by Crippen LogP contribution is 2.15. The summed E-state index contributed by atoms with van der Waals surface area (Å²) in [6.07, 6.45) is -0.991. The molecule has 3 rings (SSSR count). The lowest BCUT2D eigenvalue weighted by atomic mass is 10.2. The van der Waals surface area contributed by atoms with Crippen LogP contribution >= 0.6 is 0 Å². The average Bonchev–Trinajstić information content (AvgIpc) is 3.02. The lowest BCUT2D eigenvalue weighted by molar-refractivity contribution is -0.161. The summed E-state index contributed by atoms with van der Waals surface area (Å²) in [6, 6.07) is 5.18. The van der Waals surface area contributed by atoms with E-state index in [2.05, 4.69) is 5.10 Å². The summed E-state index contributed by atoms with van der Waals surface area (Å²) in [5.74, 6) is -2.48. The van der Waals surface area contributed by atoms with Crippen LogP contribution in [0, 0.1) is 5.82 Å². The van der Waals surface area contributed by atoms with Crippen LogP contribution < -0.4 is 5.76 Å². The van der Waals surface area contributed by atoms with Crippen molar-refractivity contribution in [1.82, 2.24) is 14.7 Å². The van der Waals surface area contributed by atoms with Crippen LogP contribution in [0.3, 0.4) is 0 Å². The molecule has 144 valence electrons. The topological polar surface area (TPSA) is 104 Å². The van der Waals surface area contributed by atoms with Crippen LogP contribution in [-0.4, -0.2) is 59.0 Å². The summed E-state index contributed by atoms with van der Waals surface area (Å²) >= 11 is 0. The average molecular weight is 379 g/mol. The van der Waals surface area contributed by atoms with Crippen molar-refractivity contribution >= 4 is 11.9 Å². The number of ether oxygens (including phenoxy) is 2. The monoisotopic (exact) mass is 379 g/mol. The fourth-order valence-corrected chi connectivity index (χ4v) is 2.56. The van der Waals surface area contributed by atoms with Crippen LogP contribution in [0.4, 0.5) is 4.39 Å². The Balaban J connectivity index is 1.61. The molecule has 0 spiro atoms. The number of aromatic nitrogens is 2. The van der Waals surface area contributed by atoms with E-state index in [1.54, 1.807) is 4.90 Å². The van der Waals surface area contributed by atoms with Gasteiger partial charge in [0.1, 0.15) is 12.4 Å².